The second-order valence-electron chi connectivity index (χ2n) is 3.27. The number of halogens is 4. The third-order valence-corrected chi connectivity index (χ3v) is 3.82. The van der Waals surface area contributed by atoms with Crippen molar-refractivity contribution in [3.63, 3.8) is 0 Å². The van der Waals surface area contributed by atoms with Gasteiger partial charge >= 0.3 is 6.18 Å². The minimum absolute atomic E-state index is 0.107. The van der Waals surface area contributed by atoms with E-state index >= 15 is 0 Å². The predicted octanol–water partition coefficient (Wildman–Crippen LogP) is 4.09. The van der Waals surface area contributed by atoms with Crippen LogP contribution < -0.4 is 0 Å². The molecule has 1 unspecified atom stereocenters. The van der Waals surface area contributed by atoms with Crippen molar-refractivity contribution in [2.45, 2.75) is 31.3 Å². The van der Waals surface area contributed by atoms with Gasteiger partial charge in [0.1, 0.15) is 4.83 Å². The summed E-state index contributed by atoms with van der Waals surface area (Å²) in [4.78, 5) is -1.36. The Labute approximate surface area is 89.8 Å². The van der Waals surface area contributed by atoms with Crippen LogP contribution in [0, 0.1) is 5.92 Å². The first-order valence-electron chi connectivity index (χ1n) is 4.12. The van der Waals surface area contributed by atoms with E-state index in [1.165, 1.54) is 11.8 Å². The number of thioether (sulfide) groups is 1. The molecule has 13 heavy (non-hydrogen) atoms. The van der Waals surface area contributed by atoms with Crippen LogP contribution in [0.2, 0.25) is 0 Å². The molecule has 0 fully saturated rings. The van der Waals surface area contributed by atoms with Crippen LogP contribution in [0.1, 0.15) is 20.3 Å². The lowest BCUT2D eigenvalue weighted by Gasteiger charge is -2.13. The fourth-order valence-electron chi connectivity index (χ4n) is 0.600. The van der Waals surface area contributed by atoms with Gasteiger partial charge in [0.05, 0.1) is 0 Å². The number of alkyl halides is 4. The molecule has 0 aliphatic rings. The molecule has 5 heteroatoms. The average molecular weight is 279 g/mol. The summed E-state index contributed by atoms with van der Waals surface area (Å²) in [6.07, 6.45) is -3.13. The van der Waals surface area contributed by atoms with Gasteiger partial charge in [-0.3, -0.25) is 0 Å². The average Bonchev–Trinajstić information content (AvgIpc) is 1.95. The van der Waals surface area contributed by atoms with Crippen LogP contribution in [0.4, 0.5) is 13.2 Å². The van der Waals surface area contributed by atoms with Crippen LogP contribution in [0.3, 0.4) is 0 Å². The van der Waals surface area contributed by atoms with Crippen molar-refractivity contribution in [1.29, 1.82) is 0 Å². The zero-order chi connectivity index (χ0) is 10.5. The second kappa shape index (κ2) is 6.17. The SMILES string of the molecule is CC(C)CCSCC(Br)C(F)(F)F. The zero-order valence-corrected chi connectivity index (χ0v) is 10.1. The molecule has 0 saturated carbocycles. The van der Waals surface area contributed by atoms with E-state index in [0.717, 1.165) is 12.2 Å². The fourth-order valence-corrected chi connectivity index (χ4v) is 2.36. The van der Waals surface area contributed by atoms with Crippen LogP contribution in [0.25, 0.3) is 0 Å². The van der Waals surface area contributed by atoms with E-state index in [1.807, 2.05) is 0 Å². The highest BCUT2D eigenvalue weighted by atomic mass is 79.9. The molecular weight excluding hydrogens is 265 g/mol. The molecule has 0 aliphatic heterocycles. The Morgan fingerprint density at radius 3 is 2.23 bits per heavy atom. The van der Waals surface area contributed by atoms with E-state index in [2.05, 4.69) is 29.8 Å². The maximum absolute atomic E-state index is 12.0. The van der Waals surface area contributed by atoms with Crippen molar-refractivity contribution in [1.82, 2.24) is 0 Å². The van der Waals surface area contributed by atoms with Crippen molar-refractivity contribution in [2.24, 2.45) is 5.92 Å². The largest absolute Gasteiger partial charge is 0.402 e. The van der Waals surface area contributed by atoms with Crippen LogP contribution in [-0.2, 0) is 0 Å². The van der Waals surface area contributed by atoms with Gasteiger partial charge in [-0.2, -0.15) is 24.9 Å². The van der Waals surface area contributed by atoms with Crippen LogP contribution >= 0.6 is 27.7 Å². The standard InChI is InChI=1S/C8H14BrF3S/c1-6(2)3-4-13-5-7(9)8(10,11)12/h6-7H,3-5H2,1-2H3. The van der Waals surface area contributed by atoms with Crippen LogP contribution in [-0.4, -0.2) is 22.5 Å². The molecule has 0 heterocycles. The summed E-state index contributed by atoms with van der Waals surface area (Å²) < 4.78 is 35.9. The van der Waals surface area contributed by atoms with Gasteiger partial charge < -0.3 is 0 Å². The maximum Gasteiger partial charge on any atom is 0.402 e. The molecule has 0 rings (SSSR count). The van der Waals surface area contributed by atoms with E-state index in [-0.39, 0.29) is 5.75 Å². The Morgan fingerprint density at radius 1 is 1.31 bits per heavy atom. The summed E-state index contributed by atoms with van der Waals surface area (Å²) in [6.45, 7) is 4.13. The topological polar surface area (TPSA) is 0 Å². The van der Waals surface area contributed by atoms with Gasteiger partial charge in [0.2, 0.25) is 0 Å². The molecule has 0 radical (unpaired) electrons. The number of rotatable bonds is 5. The van der Waals surface area contributed by atoms with E-state index in [1.54, 1.807) is 0 Å². The minimum atomic E-state index is -4.11. The first-order valence-corrected chi connectivity index (χ1v) is 6.19. The first kappa shape index (κ1) is 13.6. The lowest BCUT2D eigenvalue weighted by Crippen LogP contribution is -2.25. The number of hydrogen-bond donors (Lipinski definition) is 0. The Hall–Kier alpha value is 0.620. The summed E-state index contributed by atoms with van der Waals surface area (Å²) in [7, 11) is 0. The molecule has 0 aromatic heterocycles. The van der Waals surface area contributed by atoms with Crippen molar-refractivity contribution in [2.75, 3.05) is 11.5 Å². The van der Waals surface area contributed by atoms with E-state index in [9.17, 15) is 13.2 Å². The monoisotopic (exact) mass is 278 g/mol. The van der Waals surface area contributed by atoms with Crippen LogP contribution in [0.15, 0.2) is 0 Å². The van der Waals surface area contributed by atoms with Gasteiger partial charge in [-0.05, 0) is 18.1 Å². The highest BCUT2D eigenvalue weighted by Crippen LogP contribution is 2.29. The Bertz CT molecular complexity index is 136. The van der Waals surface area contributed by atoms with E-state index < -0.39 is 11.0 Å². The maximum atomic E-state index is 12.0. The summed E-state index contributed by atoms with van der Waals surface area (Å²) in [5.74, 6) is 1.47. The molecular formula is C8H14BrF3S. The molecule has 0 aromatic rings. The predicted molar refractivity (Wildman–Crippen MR) is 55.6 cm³/mol. The highest BCUT2D eigenvalue weighted by Gasteiger charge is 2.37. The van der Waals surface area contributed by atoms with Crippen molar-refractivity contribution in [3.05, 3.63) is 0 Å². The molecule has 0 N–H and O–H groups in total. The molecule has 0 nitrogen and oxygen atoms in total. The molecule has 1 atom stereocenters. The van der Waals surface area contributed by atoms with Crippen molar-refractivity contribution in [3.8, 4) is 0 Å². The van der Waals surface area contributed by atoms with E-state index in [0.29, 0.717) is 5.92 Å². The molecule has 0 amide bonds. The Balaban J connectivity index is 3.43. The molecule has 0 bridgehead atoms. The Morgan fingerprint density at radius 2 is 1.85 bits per heavy atom. The van der Waals surface area contributed by atoms with Gasteiger partial charge in [0.25, 0.3) is 0 Å². The summed E-state index contributed by atoms with van der Waals surface area (Å²) in [5, 5.41) is 0. The second-order valence-corrected chi connectivity index (χ2v) is 5.52. The molecule has 0 aliphatic carbocycles. The first-order chi connectivity index (χ1) is 5.84. The molecule has 80 valence electrons. The van der Waals surface area contributed by atoms with Gasteiger partial charge in [0.15, 0.2) is 0 Å². The van der Waals surface area contributed by atoms with Gasteiger partial charge in [-0.15, -0.1) is 0 Å². The minimum Gasteiger partial charge on any atom is -0.170 e. The van der Waals surface area contributed by atoms with Crippen LogP contribution in [0.5, 0.6) is 0 Å². The van der Waals surface area contributed by atoms with Crippen molar-refractivity contribution < 1.29 is 13.2 Å². The molecule has 0 saturated heterocycles. The third kappa shape index (κ3) is 7.67. The summed E-state index contributed by atoms with van der Waals surface area (Å²) in [6, 6.07) is 0. The fraction of sp³-hybridized carbons (Fsp3) is 1.00. The highest BCUT2D eigenvalue weighted by molar-refractivity contribution is 9.09. The smallest absolute Gasteiger partial charge is 0.170 e. The quantitative estimate of drug-likeness (QED) is 0.539. The van der Waals surface area contributed by atoms with Gasteiger partial charge in [-0.25, -0.2) is 0 Å². The lowest BCUT2D eigenvalue weighted by molar-refractivity contribution is -0.122. The van der Waals surface area contributed by atoms with Gasteiger partial charge in [-0.1, -0.05) is 29.8 Å². The summed E-state index contributed by atoms with van der Waals surface area (Å²) in [5.41, 5.74) is 0. The molecule has 0 spiro atoms. The number of hydrogen-bond acceptors (Lipinski definition) is 1. The molecule has 0 aromatic carbocycles. The normalized spacial score (nSPS) is 15.0. The van der Waals surface area contributed by atoms with Gasteiger partial charge in [0, 0.05) is 5.75 Å². The van der Waals surface area contributed by atoms with E-state index in [4.69, 9.17) is 0 Å². The third-order valence-electron chi connectivity index (χ3n) is 1.46. The van der Waals surface area contributed by atoms with Crippen molar-refractivity contribution >= 4 is 27.7 Å². The zero-order valence-electron chi connectivity index (χ0n) is 7.70. The summed E-state index contributed by atoms with van der Waals surface area (Å²) >= 11 is 3.97. The lowest BCUT2D eigenvalue weighted by atomic mass is 10.2. The Kier molecular flexibility index (Phi) is 6.46.